The van der Waals surface area contributed by atoms with Crippen LogP contribution in [0, 0.1) is 11.3 Å². The molecule has 2 aliphatic heterocycles. The molecule has 0 N–H and O–H groups in total. The molecule has 124 valence electrons. The third-order valence-electron chi connectivity index (χ3n) is 5.03. The van der Waals surface area contributed by atoms with Crippen molar-refractivity contribution in [3.8, 4) is 6.07 Å². The summed E-state index contributed by atoms with van der Waals surface area (Å²) in [7, 11) is 3.10. The second-order valence-electron chi connectivity index (χ2n) is 6.34. The van der Waals surface area contributed by atoms with Gasteiger partial charge < -0.3 is 9.84 Å². The molecule has 1 aromatic heterocycles. The lowest BCUT2D eigenvalue weighted by molar-refractivity contribution is -0.795. The molecule has 0 bridgehead atoms. The average Bonchev–Trinajstić information content (AvgIpc) is 2.90. The number of likely N-dealkylation sites (N-methyl/N-ethyl adjacent to an activating group) is 1. The van der Waals surface area contributed by atoms with Gasteiger partial charge in [0.25, 0.3) is 0 Å². The Bertz CT molecular complexity index is 1050. The molecule has 25 heavy (non-hydrogen) atoms. The summed E-state index contributed by atoms with van der Waals surface area (Å²) in [6, 6.07) is 9.64. The molecule has 6 heteroatoms. The van der Waals surface area contributed by atoms with Crippen LogP contribution in [0.5, 0.6) is 0 Å². The highest BCUT2D eigenvalue weighted by Gasteiger charge is 2.47. The van der Waals surface area contributed by atoms with Crippen LogP contribution >= 0.6 is 0 Å². The third kappa shape index (κ3) is 1.93. The highest BCUT2D eigenvalue weighted by Crippen LogP contribution is 2.45. The number of fused-ring (bicyclic) bond motifs is 4. The van der Waals surface area contributed by atoms with Gasteiger partial charge >= 0.3 is 5.97 Å². The number of esters is 1. The maximum Gasteiger partial charge on any atom is 0.392 e. The van der Waals surface area contributed by atoms with Crippen LogP contribution in [-0.4, -0.2) is 36.1 Å². The summed E-state index contributed by atoms with van der Waals surface area (Å²) in [5, 5.41) is 23.2. The topological polar surface area (TPSA) is 86.0 Å². The Hall–Kier alpha value is -3.17. The van der Waals surface area contributed by atoms with Gasteiger partial charge in [-0.2, -0.15) is 5.26 Å². The van der Waals surface area contributed by atoms with E-state index in [0.29, 0.717) is 40.9 Å². The zero-order valence-electron chi connectivity index (χ0n) is 13.9. The van der Waals surface area contributed by atoms with Gasteiger partial charge in [0.1, 0.15) is 11.8 Å². The summed E-state index contributed by atoms with van der Waals surface area (Å²) in [5.74, 6) is -0.793. The number of ether oxygens (including phenoxy) is 1. The molecule has 3 heterocycles. The van der Waals surface area contributed by atoms with Crippen LogP contribution in [0.25, 0.3) is 16.6 Å². The number of hydrogen-bond donors (Lipinski definition) is 0. The second-order valence-corrected chi connectivity index (χ2v) is 6.34. The molecule has 2 aliphatic rings. The summed E-state index contributed by atoms with van der Waals surface area (Å²) in [5.41, 5.74) is 3.19. The molecule has 1 aromatic carbocycles. The number of carbonyl (C=O) groups is 1. The maximum absolute atomic E-state index is 12.7. The molecule has 4 rings (SSSR count). The number of pyridine rings is 1. The fourth-order valence-corrected chi connectivity index (χ4v) is 3.81. The van der Waals surface area contributed by atoms with Crippen molar-refractivity contribution in [2.75, 3.05) is 20.7 Å². The summed E-state index contributed by atoms with van der Waals surface area (Å²) < 4.78 is 4.89. The SMILES string of the molecule is COC(=O)C1=CC([O-])=C2c3c(nc4ccccc4c3C#N)CC[N+]12C. The van der Waals surface area contributed by atoms with Crippen molar-refractivity contribution in [2.45, 2.75) is 6.42 Å². The molecule has 1 atom stereocenters. The molecule has 0 amide bonds. The number of nitrogens with zero attached hydrogens (tertiary/aromatic N) is 3. The van der Waals surface area contributed by atoms with E-state index in [4.69, 9.17) is 4.74 Å². The average molecular weight is 333 g/mol. The van der Waals surface area contributed by atoms with Crippen molar-refractivity contribution in [3.05, 3.63) is 58.6 Å². The van der Waals surface area contributed by atoms with Crippen LogP contribution in [0.3, 0.4) is 0 Å². The van der Waals surface area contributed by atoms with Crippen LogP contribution in [0.15, 0.2) is 41.8 Å². The van der Waals surface area contributed by atoms with Crippen molar-refractivity contribution in [3.63, 3.8) is 0 Å². The number of nitriles is 1. The number of allylic oxidation sites excluding steroid dienone is 1. The van der Waals surface area contributed by atoms with Crippen LogP contribution in [0.1, 0.15) is 16.8 Å². The molecule has 1 unspecified atom stereocenters. The van der Waals surface area contributed by atoms with Crippen molar-refractivity contribution in [1.82, 2.24) is 4.98 Å². The normalized spacial score (nSPS) is 21.4. The van der Waals surface area contributed by atoms with Crippen LogP contribution in [0.4, 0.5) is 0 Å². The monoisotopic (exact) mass is 333 g/mol. The van der Waals surface area contributed by atoms with E-state index >= 15 is 0 Å². The number of carbonyl (C=O) groups excluding carboxylic acids is 1. The zero-order chi connectivity index (χ0) is 17.8. The van der Waals surface area contributed by atoms with E-state index in [1.807, 2.05) is 31.3 Å². The van der Waals surface area contributed by atoms with Crippen molar-refractivity contribution >= 4 is 22.6 Å². The highest BCUT2D eigenvalue weighted by molar-refractivity contribution is 5.94. The van der Waals surface area contributed by atoms with Gasteiger partial charge in [-0.25, -0.2) is 4.79 Å². The first-order chi connectivity index (χ1) is 12.0. The van der Waals surface area contributed by atoms with E-state index in [2.05, 4.69) is 11.1 Å². The van der Waals surface area contributed by atoms with Gasteiger partial charge in [-0.1, -0.05) is 18.2 Å². The first kappa shape index (κ1) is 15.4. The van der Waals surface area contributed by atoms with Gasteiger partial charge in [0.2, 0.25) is 5.70 Å². The fourth-order valence-electron chi connectivity index (χ4n) is 3.81. The molecule has 0 spiro atoms. The molecule has 0 fully saturated rings. The van der Waals surface area contributed by atoms with E-state index in [0.717, 1.165) is 11.2 Å². The smallest absolute Gasteiger partial charge is 0.392 e. The molecule has 0 aliphatic carbocycles. The van der Waals surface area contributed by atoms with Crippen LogP contribution in [0.2, 0.25) is 0 Å². The number of aromatic nitrogens is 1. The number of quaternary nitrogens is 1. The Kier molecular flexibility index (Phi) is 3.17. The van der Waals surface area contributed by atoms with Gasteiger partial charge in [0, 0.05) is 17.9 Å². The van der Waals surface area contributed by atoms with E-state index in [9.17, 15) is 15.2 Å². The lowest BCUT2D eigenvalue weighted by atomic mass is 9.92. The van der Waals surface area contributed by atoms with Gasteiger partial charge in [-0.05, 0) is 11.8 Å². The number of benzene rings is 1. The zero-order valence-corrected chi connectivity index (χ0v) is 13.9. The standard InChI is InChI=1S/C19H15N3O3/c1-22-8-7-14-17(18(22)16(23)9-15(22)19(24)25-2)12(10-20)11-5-3-4-6-13(11)21-14/h3-6,9H,7-8H2,1-2H3. The van der Waals surface area contributed by atoms with Gasteiger partial charge in [-0.15, -0.1) is 0 Å². The Balaban J connectivity index is 2.03. The van der Waals surface area contributed by atoms with Crippen LogP contribution < -0.4 is 5.11 Å². The van der Waals surface area contributed by atoms with E-state index in [-0.39, 0.29) is 10.2 Å². The molecule has 6 nitrogen and oxygen atoms in total. The number of methoxy groups -OCH3 is 1. The minimum Gasteiger partial charge on any atom is -0.868 e. The molecular formula is C19H15N3O3. The van der Waals surface area contributed by atoms with Crippen molar-refractivity contribution < 1.29 is 19.1 Å². The van der Waals surface area contributed by atoms with Crippen LogP contribution in [-0.2, 0) is 16.0 Å². The summed E-state index contributed by atoms with van der Waals surface area (Å²) in [6.07, 6.45) is 1.89. The second kappa shape index (κ2) is 5.16. The van der Waals surface area contributed by atoms with Gasteiger partial charge in [0.05, 0.1) is 43.0 Å². The van der Waals surface area contributed by atoms with Crippen molar-refractivity contribution in [1.29, 1.82) is 5.26 Å². The molecule has 0 radical (unpaired) electrons. The predicted octanol–water partition coefficient (Wildman–Crippen LogP) is 1.21. The minimum absolute atomic E-state index is 0.0488. The Morgan fingerprint density at radius 2 is 2.16 bits per heavy atom. The summed E-state index contributed by atoms with van der Waals surface area (Å²) >= 11 is 0. The lowest BCUT2D eigenvalue weighted by Crippen LogP contribution is -2.47. The highest BCUT2D eigenvalue weighted by atomic mass is 16.5. The Labute approximate surface area is 144 Å². The maximum atomic E-state index is 12.7. The predicted molar refractivity (Wildman–Crippen MR) is 88.2 cm³/mol. The number of para-hydroxylation sites is 1. The quantitative estimate of drug-likeness (QED) is 0.578. The lowest BCUT2D eigenvalue weighted by Gasteiger charge is -2.38. The number of hydrogen-bond acceptors (Lipinski definition) is 5. The van der Waals surface area contributed by atoms with E-state index in [1.165, 1.54) is 13.2 Å². The third-order valence-corrected chi connectivity index (χ3v) is 5.03. The first-order valence-electron chi connectivity index (χ1n) is 7.91. The minimum atomic E-state index is -0.526. The van der Waals surface area contributed by atoms with Gasteiger partial charge in [-0.3, -0.25) is 9.47 Å². The molecular weight excluding hydrogens is 318 g/mol. The Morgan fingerprint density at radius 1 is 1.40 bits per heavy atom. The molecule has 0 saturated carbocycles. The number of rotatable bonds is 1. The fraction of sp³-hybridized carbons (Fsp3) is 0.211. The molecule has 2 aromatic rings. The first-order valence-corrected chi connectivity index (χ1v) is 7.91. The van der Waals surface area contributed by atoms with Crippen molar-refractivity contribution in [2.24, 2.45) is 0 Å². The molecule has 0 saturated heterocycles. The van der Waals surface area contributed by atoms with Gasteiger partial charge in [0.15, 0.2) is 0 Å². The largest absolute Gasteiger partial charge is 0.868 e. The van der Waals surface area contributed by atoms with E-state index in [1.54, 1.807) is 0 Å². The van der Waals surface area contributed by atoms with E-state index < -0.39 is 5.97 Å². The summed E-state index contributed by atoms with van der Waals surface area (Å²) in [6.45, 7) is 0.519. The summed E-state index contributed by atoms with van der Waals surface area (Å²) in [4.78, 5) is 16.8. The Morgan fingerprint density at radius 3 is 2.88 bits per heavy atom.